The number of benzene rings is 2. The van der Waals surface area contributed by atoms with Crippen molar-refractivity contribution in [3.05, 3.63) is 71.3 Å². The first kappa shape index (κ1) is 12.6. The van der Waals surface area contributed by atoms with E-state index in [1.807, 2.05) is 59.5 Å². The Labute approximate surface area is 123 Å². The molecule has 2 aliphatic heterocycles. The molecule has 1 fully saturated rings. The van der Waals surface area contributed by atoms with Crippen LogP contribution in [0, 0.1) is 0 Å². The summed E-state index contributed by atoms with van der Waals surface area (Å²) in [6, 6.07) is 17.2. The van der Waals surface area contributed by atoms with Crippen molar-refractivity contribution < 1.29 is 9.90 Å². The van der Waals surface area contributed by atoms with Gasteiger partial charge in [0.1, 0.15) is 0 Å². The third-order valence-electron chi connectivity index (χ3n) is 4.72. The highest BCUT2D eigenvalue weighted by molar-refractivity contribution is 5.92. The van der Waals surface area contributed by atoms with Crippen molar-refractivity contribution >= 4 is 5.91 Å². The summed E-state index contributed by atoms with van der Waals surface area (Å²) < 4.78 is 0. The molecule has 106 valence electrons. The lowest BCUT2D eigenvalue weighted by atomic mass is 9.77. The lowest BCUT2D eigenvalue weighted by molar-refractivity contribution is -0.151. The summed E-state index contributed by atoms with van der Waals surface area (Å²) in [6.07, 6.45) is 1.98. The summed E-state index contributed by atoms with van der Waals surface area (Å²) in [5, 5.41) is 11.3. The highest BCUT2D eigenvalue weighted by Gasteiger charge is 2.51. The van der Waals surface area contributed by atoms with Gasteiger partial charge >= 0.3 is 0 Å². The first-order valence-electron chi connectivity index (χ1n) is 7.41. The topological polar surface area (TPSA) is 40.5 Å². The molecule has 4 rings (SSSR count). The summed E-state index contributed by atoms with van der Waals surface area (Å²) >= 11 is 0. The van der Waals surface area contributed by atoms with Crippen molar-refractivity contribution in [2.75, 3.05) is 6.54 Å². The largest absolute Gasteiger partial charge is 0.372 e. The van der Waals surface area contributed by atoms with Crippen LogP contribution in [0.4, 0.5) is 0 Å². The van der Waals surface area contributed by atoms with Crippen LogP contribution in [0.15, 0.2) is 54.6 Å². The maximum absolute atomic E-state index is 13.0. The van der Waals surface area contributed by atoms with Gasteiger partial charge in [-0.25, -0.2) is 0 Å². The predicted molar refractivity (Wildman–Crippen MR) is 79.6 cm³/mol. The number of carbonyl (C=O) groups is 1. The number of fused-ring (bicyclic) bond motifs is 3. The van der Waals surface area contributed by atoms with E-state index in [0.29, 0.717) is 5.56 Å². The Hall–Kier alpha value is -2.13. The van der Waals surface area contributed by atoms with Gasteiger partial charge in [-0.15, -0.1) is 0 Å². The van der Waals surface area contributed by atoms with E-state index in [9.17, 15) is 9.90 Å². The zero-order valence-electron chi connectivity index (χ0n) is 11.7. The molecule has 2 unspecified atom stereocenters. The minimum atomic E-state index is -1.56. The number of nitrogens with zero attached hydrogens (tertiary/aromatic N) is 1. The fourth-order valence-corrected chi connectivity index (χ4v) is 3.73. The van der Waals surface area contributed by atoms with Crippen LogP contribution >= 0.6 is 0 Å². The Balaban J connectivity index is 1.99. The zero-order chi connectivity index (χ0) is 14.4. The Morgan fingerprint density at radius 2 is 1.76 bits per heavy atom. The van der Waals surface area contributed by atoms with Crippen LogP contribution in [0.25, 0.3) is 0 Å². The SMILES string of the molecule is O=C1N2CCCC2c2ccccc2C1(O)c1ccccc1. The van der Waals surface area contributed by atoms with E-state index < -0.39 is 5.60 Å². The second kappa shape index (κ2) is 4.43. The molecule has 1 amide bonds. The molecule has 0 bridgehead atoms. The lowest BCUT2D eigenvalue weighted by Crippen LogP contribution is -2.51. The molecule has 2 aliphatic rings. The molecule has 0 saturated carbocycles. The standard InChI is InChI=1S/C18H17NO2/c20-17-18(21,13-7-2-1-3-8-13)15-10-5-4-9-14(15)16-11-6-12-19(16)17/h1-5,7-10,16,21H,6,11-12H2. The first-order valence-corrected chi connectivity index (χ1v) is 7.41. The quantitative estimate of drug-likeness (QED) is 0.871. The fraction of sp³-hybridized carbons (Fsp3) is 0.278. The fourth-order valence-electron chi connectivity index (χ4n) is 3.73. The summed E-state index contributed by atoms with van der Waals surface area (Å²) in [7, 11) is 0. The van der Waals surface area contributed by atoms with Gasteiger partial charge in [-0.2, -0.15) is 0 Å². The molecule has 2 aromatic carbocycles. The van der Waals surface area contributed by atoms with Gasteiger partial charge in [-0.3, -0.25) is 4.79 Å². The summed E-state index contributed by atoms with van der Waals surface area (Å²) in [5.74, 6) is -0.185. The molecule has 0 aromatic heterocycles. The molecule has 2 atom stereocenters. The molecular weight excluding hydrogens is 262 g/mol. The van der Waals surface area contributed by atoms with E-state index in [-0.39, 0.29) is 11.9 Å². The van der Waals surface area contributed by atoms with Gasteiger partial charge in [0.25, 0.3) is 5.91 Å². The molecule has 21 heavy (non-hydrogen) atoms. The van der Waals surface area contributed by atoms with Gasteiger partial charge in [-0.1, -0.05) is 54.6 Å². The molecule has 3 nitrogen and oxygen atoms in total. The van der Waals surface area contributed by atoms with Crippen molar-refractivity contribution in [3.8, 4) is 0 Å². The lowest BCUT2D eigenvalue weighted by Gasteiger charge is -2.42. The molecule has 2 heterocycles. The van der Waals surface area contributed by atoms with E-state index in [0.717, 1.165) is 30.5 Å². The third kappa shape index (κ3) is 1.61. The van der Waals surface area contributed by atoms with Gasteiger partial charge in [0, 0.05) is 12.1 Å². The van der Waals surface area contributed by atoms with Crippen LogP contribution in [0.2, 0.25) is 0 Å². The third-order valence-corrected chi connectivity index (χ3v) is 4.72. The number of hydrogen-bond acceptors (Lipinski definition) is 2. The normalized spacial score (nSPS) is 27.4. The van der Waals surface area contributed by atoms with Crippen LogP contribution in [-0.2, 0) is 10.4 Å². The Bertz CT molecular complexity index is 697. The molecular formula is C18H17NO2. The van der Waals surface area contributed by atoms with Gasteiger partial charge in [0.15, 0.2) is 5.60 Å². The smallest absolute Gasteiger partial charge is 0.264 e. The van der Waals surface area contributed by atoms with E-state index in [1.165, 1.54) is 0 Å². The van der Waals surface area contributed by atoms with Gasteiger partial charge < -0.3 is 10.0 Å². The average molecular weight is 279 g/mol. The van der Waals surface area contributed by atoms with Gasteiger partial charge in [-0.05, 0) is 24.0 Å². The van der Waals surface area contributed by atoms with Crippen molar-refractivity contribution in [3.63, 3.8) is 0 Å². The van der Waals surface area contributed by atoms with E-state index in [4.69, 9.17) is 0 Å². The summed E-state index contributed by atoms with van der Waals surface area (Å²) in [4.78, 5) is 14.8. The maximum atomic E-state index is 13.0. The maximum Gasteiger partial charge on any atom is 0.264 e. The predicted octanol–water partition coefficient (Wildman–Crippen LogP) is 2.60. The Morgan fingerprint density at radius 3 is 2.57 bits per heavy atom. The Morgan fingerprint density at radius 1 is 1.05 bits per heavy atom. The van der Waals surface area contributed by atoms with E-state index in [1.54, 1.807) is 0 Å². The average Bonchev–Trinajstić information content (AvgIpc) is 3.03. The molecule has 1 saturated heterocycles. The number of amides is 1. The summed E-state index contributed by atoms with van der Waals surface area (Å²) in [6.45, 7) is 0.729. The van der Waals surface area contributed by atoms with E-state index >= 15 is 0 Å². The van der Waals surface area contributed by atoms with Gasteiger partial charge in [0.2, 0.25) is 0 Å². The first-order chi connectivity index (χ1) is 10.2. The number of aliphatic hydroxyl groups is 1. The van der Waals surface area contributed by atoms with Crippen LogP contribution in [-0.4, -0.2) is 22.5 Å². The zero-order valence-corrected chi connectivity index (χ0v) is 11.7. The highest BCUT2D eigenvalue weighted by Crippen LogP contribution is 2.46. The summed E-state index contributed by atoms with van der Waals surface area (Å²) in [5.41, 5.74) is 0.914. The monoisotopic (exact) mass is 279 g/mol. The molecule has 2 aromatic rings. The molecule has 0 aliphatic carbocycles. The molecule has 1 N–H and O–H groups in total. The highest BCUT2D eigenvalue weighted by atomic mass is 16.3. The van der Waals surface area contributed by atoms with Crippen molar-refractivity contribution in [1.82, 2.24) is 4.90 Å². The number of carbonyl (C=O) groups excluding carboxylic acids is 1. The minimum absolute atomic E-state index is 0.123. The molecule has 0 radical (unpaired) electrons. The van der Waals surface area contributed by atoms with Gasteiger partial charge in [0.05, 0.1) is 6.04 Å². The van der Waals surface area contributed by atoms with Crippen LogP contribution < -0.4 is 0 Å². The van der Waals surface area contributed by atoms with Crippen LogP contribution in [0.3, 0.4) is 0 Å². The second-order valence-electron chi connectivity index (χ2n) is 5.82. The van der Waals surface area contributed by atoms with Crippen LogP contribution in [0.1, 0.15) is 35.6 Å². The molecule has 0 spiro atoms. The van der Waals surface area contributed by atoms with E-state index in [2.05, 4.69) is 0 Å². The second-order valence-corrected chi connectivity index (χ2v) is 5.82. The van der Waals surface area contributed by atoms with Crippen molar-refractivity contribution in [1.29, 1.82) is 0 Å². The number of rotatable bonds is 1. The van der Waals surface area contributed by atoms with Crippen molar-refractivity contribution in [2.45, 2.75) is 24.5 Å². The minimum Gasteiger partial charge on any atom is -0.372 e. The van der Waals surface area contributed by atoms with Crippen molar-refractivity contribution in [2.24, 2.45) is 0 Å². The number of hydrogen-bond donors (Lipinski definition) is 1. The molecule has 3 heteroatoms. The Kier molecular flexibility index (Phi) is 2.66. The van der Waals surface area contributed by atoms with Crippen LogP contribution in [0.5, 0.6) is 0 Å².